The van der Waals surface area contributed by atoms with Crippen molar-refractivity contribution in [3.63, 3.8) is 0 Å². The van der Waals surface area contributed by atoms with Gasteiger partial charge in [0.25, 0.3) is 0 Å². The van der Waals surface area contributed by atoms with Gasteiger partial charge < -0.3 is 16.5 Å². The van der Waals surface area contributed by atoms with E-state index < -0.39 is 0 Å². The van der Waals surface area contributed by atoms with Crippen molar-refractivity contribution in [2.24, 2.45) is 0 Å². The van der Waals surface area contributed by atoms with Gasteiger partial charge in [-0.1, -0.05) is 0 Å². The minimum Gasteiger partial charge on any atom is -0.382 e. The molecule has 5 N–H and O–H groups in total. The SMILES string of the molecule is Cc1csc(CN2CCC(c3nc4nc(N)nc(N)c4[nH]3)C2)n1. The van der Waals surface area contributed by atoms with E-state index in [1.807, 2.05) is 6.92 Å². The molecule has 1 unspecified atom stereocenters. The third-order valence-electron chi connectivity index (χ3n) is 4.10. The summed E-state index contributed by atoms with van der Waals surface area (Å²) in [6, 6.07) is 0. The summed E-state index contributed by atoms with van der Waals surface area (Å²) < 4.78 is 0. The first-order valence-corrected chi connectivity index (χ1v) is 8.38. The topological polar surface area (TPSA) is 123 Å². The van der Waals surface area contributed by atoms with Gasteiger partial charge in [0.2, 0.25) is 5.95 Å². The summed E-state index contributed by atoms with van der Waals surface area (Å²) in [7, 11) is 0. The van der Waals surface area contributed by atoms with E-state index in [4.69, 9.17) is 11.5 Å². The maximum atomic E-state index is 5.88. The first-order chi connectivity index (χ1) is 11.1. The molecule has 1 atom stereocenters. The van der Waals surface area contributed by atoms with Crippen LogP contribution in [0.1, 0.15) is 28.9 Å². The molecular weight excluding hydrogens is 312 g/mol. The number of aryl methyl sites for hydroxylation is 1. The van der Waals surface area contributed by atoms with Crippen LogP contribution >= 0.6 is 11.3 Å². The molecule has 0 aliphatic carbocycles. The highest BCUT2D eigenvalue weighted by atomic mass is 32.1. The number of fused-ring (bicyclic) bond motifs is 1. The van der Waals surface area contributed by atoms with E-state index in [0.29, 0.717) is 22.9 Å². The van der Waals surface area contributed by atoms with Gasteiger partial charge >= 0.3 is 0 Å². The van der Waals surface area contributed by atoms with Crippen LogP contribution in [0.2, 0.25) is 0 Å². The molecule has 1 saturated heterocycles. The van der Waals surface area contributed by atoms with Crippen molar-refractivity contribution in [2.75, 3.05) is 24.6 Å². The van der Waals surface area contributed by atoms with Crippen molar-refractivity contribution in [2.45, 2.75) is 25.8 Å². The van der Waals surface area contributed by atoms with Gasteiger partial charge in [0.1, 0.15) is 16.3 Å². The molecule has 0 saturated carbocycles. The van der Waals surface area contributed by atoms with E-state index in [9.17, 15) is 0 Å². The predicted molar refractivity (Wildman–Crippen MR) is 90.0 cm³/mol. The number of aromatic amines is 1. The van der Waals surface area contributed by atoms with Gasteiger partial charge in [0, 0.05) is 23.5 Å². The maximum Gasteiger partial charge on any atom is 0.224 e. The van der Waals surface area contributed by atoms with Crippen molar-refractivity contribution >= 4 is 34.3 Å². The number of H-pyrrole nitrogens is 1. The van der Waals surface area contributed by atoms with Gasteiger partial charge in [-0.3, -0.25) is 4.90 Å². The zero-order valence-electron chi connectivity index (χ0n) is 12.8. The highest BCUT2D eigenvalue weighted by Gasteiger charge is 2.27. The third-order valence-corrected chi connectivity index (χ3v) is 5.05. The third kappa shape index (κ3) is 2.73. The zero-order valence-corrected chi connectivity index (χ0v) is 13.6. The number of hydrogen-bond acceptors (Lipinski definition) is 8. The van der Waals surface area contributed by atoms with Gasteiger partial charge in [0.05, 0.1) is 6.54 Å². The highest BCUT2D eigenvalue weighted by Crippen LogP contribution is 2.29. The van der Waals surface area contributed by atoms with Gasteiger partial charge in [-0.2, -0.15) is 9.97 Å². The molecule has 4 rings (SSSR count). The van der Waals surface area contributed by atoms with E-state index in [2.05, 4.69) is 35.2 Å². The number of imidazole rings is 1. The van der Waals surface area contributed by atoms with Crippen LogP contribution in [-0.4, -0.2) is 42.9 Å². The van der Waals surface area contributed by atoms with Crippen LogP contribution in [0.4, 0.5) is 11.8 Å². The Kier molecular flexibility index (Phi) is 3.38. The minimum atomic E-state index is 0.153. The fourth-order valence-corrected chi connectivity index (χ4v) is 3.83. The Balaban J connectivity index is 1.52. The molecule has 0 radical (unpaired) electrons. The Morgan fingerprint density at radius 3 is 2.96 bits per heavy atom. The number of aromatic nitrogens is 5. The average Bonchev–Trinajstić information content (AvgIpc) is 3.19. The van der Waals surface area contributed by atoms with Gasteiger partial charge in [-0.05, 0) is 19.9 Å². The number of nitrogen functional groups attached to an aromatic ring is 2. The molecule has 3 aromatic heterocycles. The van der Waals surface area contributed by atoms with E-state index in [1.165, 1.54) is 0 Å². The molecule has 9 heteroatoms. The van der Waals surface area contributed by atoms with Gasteiger partial charge in [-0.25, -0.2) is 9.97 Å². The molecule has 0 spiro atoms. The molecule has 4 heterocycles. The molecular formula is C14H18N8S. The predicted octanol–water partition coefficient (Wildman–Crippen LogP) is 1.27. The standard InChI is InChI=1S/C14H18N8S/c1-7-6-23-9(17-7)5-22-3-2-8(4-22)12-18-10-11(15)19-14(16)21-13(10)20-12/h6,8H,2-5H2,1H3,(H5,15,16,18,19,20,21). The summed E-state index contributed by atoms with van der Waals surface area (Å²) in [5.74, 6) is 1.75. The maximum absolute atomic E-state index is 5.88. The van der Waals surface area contributed by atoms with Gasteiger partial charge in [0.15, 0.2) is 11.5 Å². The molecule has 23 heavy (non-hydrogen) atoms. The average molecular weight is 330 g/mol. The number of thiazole rings is 1. The van der Waals surface area contributed by atoms with Crippen LogP contribution in [0.25, 0.3) is 11.2 Å². The molecule has 1 aliphatic heterocycles. The van der Waals surface area contributed by atoms with E-state index >= 15 is 0 Å². The lowest BCUT2D eigenvalue weighted by atomic mass is 10.1. The number of rotatable bonds is 3. The quantitative estimate of drug-likeness (QED) is 0.661. The number of hydrogen-bond donors (Lipinski definition) is 3. The molecule has 8 nitrogen and oxygen atoms in total. The molecule has 3 aromatic rings. The lowest BCUT2D eigenvalue weighted by molar-refractivity contribution is 0.325. The minimum absolute atomic E-state index is 0.153. The van der Waals surface area contributed by atoms with E-state index in [-0.39, 0.29) is 5.95 Å². The summed E-state index contributed by atoms with van der Waals surface area (Å²) in [5.41, 5.74) is 13.8. The number of nitrogens with two attached hydrogens (primary N) is 2. The van der Waals surface area contributed by atoms with Crippen molar-refractivity contribution in [3.05, 3.63) is 21.9 Å². The zero-order chi connectivity index (χ0) is 16.0. The number of nitrogens with one attached hydrogen (secondary N) is 1. The molecule has 0 bridgehead atoms. The number of nitrogens with zero attached hydrogens (tertiary/aromatic N) is 5. The molecule has 0 aromatic carbocycles. The smallest absolute Gasteiger partial charge is 0.224 e. The molecule has 0 amide bonds. The Morgan fingerprint density at radius 1 is 1.30 bits per heavy atom. The van der Waals surface area contributed by atoms with Crippen molar-refractivity contribution in [1.82, 2.24) is 29.8 Å². The summed E-state index contributed by atoms with van der Waals surface area (Å²) in [6.45, 7) is 4.90. The largest absolute Gasteiger partial charge is 0.382 e. The second kappa shape index (κ2) is 5.43. The van der Waals surface area contributed by atoms with Gasteiger partial charge in [-0.15, -0.1) is 11.3 Å². The summed E-state index contributed by atoms with van der Waals surface area (Å²) in [6.07, 6.45) is 1.05. The Labute approximate surface area is 137 Å². The van der Waals surface area contributed by atoms with E-state index in [1.54, 1.807) is 11.3 Å². The van der Waals surface area contributed by atoms with Crippen molar-refractivity contribution < 1.29 is 0 Å². The van der Waals surface area contributed by atoms with Crippen molar-refractivity contribution in [1.29, 1.82) is 0 Å². The van der Waals surface area contributed by atoms with Crippen molar-refractivity contribution in [3.8, 4) is 0 Å². The highest BCUT2D eigenvalue weighted by molar-refractivity contribution is 7.09. The number of anilines is 2. The molecule has 1 aliphatic rings. The van der Waals surface area contributed by atoms with Crippen LogP contribution in [0.3, 0.4) is 0 Å². The summed E-state index contributed by atoms with van der Waals surface area (Å²) in [5, 5.41) is 3.25. The fourth-order valence-electron chi connectivity index (χ4n) is 3.01. The second-order valence-corrected chi connectivity index (χ2v) is 6.83. The molecule has 120 valence electrons. The van der Waals surface area contributed by atoms with Crippen LogP contribution < -0.4 is 11.5 Å². The van der Waals surface area contributed by atoms with E-state index in [0.717, 1.165) is 42.6 Å². The lowest BCUT2D eigenvalue weighted by Crippen LogP contribution is -2.19. The Bertz CT molecular complexity index is 854. The fraction of sp³-hybridized carbons (Fsp3) is 0.429. The Morgan fingerprint density at radius 2 is 2.17 bits per heavy atom. The first-order valence-electron chi connectivity index (χ1n) is 7.50. The van der Waals surface area contributed by atoms with Crippen LogP contribution in [-0.2, 0) is 6.54 Å². The summed E-state index contributed by atoms with van der Waals surface area (Å²) in [4.78, 5) is 22.9. The lowest BCUT2D eigenvalue weighted by Gasteiger charge is -2.13. The number of likely N-dealkylation sites (tertiary alicyclic amines) is 1. The normalized spacial score (nSPS) is 18.9. The first kappa shape index (κ1) is 14.3. The molecule has 1 fully saturated rings. The summed E-state index contributed by atoms with van der Waals surface area (Å²) >= 11 is 1.72. The van der Waals surface area contributed by atoms with Crippen LogP contribution in [0, 0.1) is 6.92 Å². The Hall–Kier alpha value is -2.26. The monoisotopic (exact) mass is 330 g/mol. The second-order valence-electron chi connectivity index (χ2n) is 5.89. The van der Waals surface area contributed by atoms with Crippen LogP contribution in [0.15, 0.2) is 5.38 Å². The van der Waals surface area contributed by atoms with Crippen LogP contribution in [0.5, 0.6) is 0 Å².